The second-order valence-corrected chi connectivity index (χ2v) is 9.03. The Morgan fingerprint density at radius 2 is 1.57 bits per heavy atom. The Morgan fingerprint density at radius 1 is 0.900 bits per heavy atom. The predicted octanol–water partition coefficient (Wildman–Crippen LogP) is 0.478. The van der Waals surface area contributed by atoms with Crippen LogP contribution in [0.2, 0.25) is 0 Å². The minimum Gasteiger partial charge on any atom is -0.393 e. The molecule has 3 fully saturated rings. The molecule has 3 aliphatic heterocycles. The summed E-state index contributed by atoms with van der Waals surface area (Å²) >= 11 is 0. The van der Waals surface area contributed by atoms with E-state index in [1.54, 1.807) is 0 Å². The lowest BCUT2D eigenvalue weighted by Crippen LogP contribution is -2.68. The van der Waals surface area contributed by atoms with Gasteiger partial charge in [0.25, 0.3) is 0 Å². The highest BCUT2D eigenvalue weighted by Crippen LogP contribution is 2.29. The molecule has 2 atom stereocenters. The van der Waals surface area contributed by atoms with E-state index in [2.05, 4.69) is 32.5 Å². The molecule has 3 saturated heterocycles. The fourth-order valence-electron chi connectivity index (χ4n) is 4.90. The molecule has 0 amide bonds. The van der Waals surface area contributed by atoms with E-state index in [0.29, 0.717) is 0 Å². The van der Waals surface area contributed by atoms with E-state index in [1.165, 1.54) is 12.8 Å². The standard InChI is InChI=1S/C22H45N5O3/c1-2-3-6-22(23-7-4-9-25-12-16-29-17-13-25)20-21(28)5-10-27(22)24-8-11-26-14-18-30-19-15-26/h21,23-24,28H,2-20H2,1H3. The molecule has 8 nitrogen and oxygen atoms in total. The maximum absolute atomic E-state index is 10.5. The second-order valence-electron chi connectivity index (χ2n) is 9.03. The van der Waals surface area contributed by atoms with Crippen LogP contribution in [0.4, 0.5) is 0 Å². The number of unbranched alkanes of at least 4 members (excludes halogenated alkanes) is 1. The molecule has 0 radical (unpaired) electrons. The number of hydrogen-bond acceptors (Lipinski definition) is 8. The SMILES string of the molecule is CCCCC1(NCCCN2CCOCC2)CC(O)CCN1NCCN1CCOCC1. The molecule has 0 aromatic carbocycles. The Balaban J connectivity index is 1.50. The normalized spacial score (nSPS) is 30.0. The number of hydrogen-bond donors (Lipinski definition) is 3. The number of piperidine rings is 1. The van der Waals surface area contributed by atoms with Gasteiger partial charge in [0, 0.05) is 52.2 Å². The summed E-state index contributed by atoms with van der Waals surface area (Å²) < 4.78 is 10.9. The molecule has 30 heavy (non-hydrogen) atoms. The van der Waals surface area contributed by atoms with Crippen molar-refractivity contribution in [2.45, 2.75) is 57.2 Å². The zero-order valence-corrected chi connectivity index (χ0v) is 19.1. The highest BCUT2D eigenvalue weighted by Gasteiger charge is 2.41. The fourth-order valence-corrected chi connectivity index (χ4v) is 4.90. The Morgan fingerprint density at radius 3 is 2.23 bits per heavy atom. The van der Waals surface area contributed by atoms with Crippen LogP contribution in [0, 0.1) is 0 Å². The average molecular weight is 428 g/mol. The van der Waals surface area contributed by atoms with Gasteiger partial charge in [0.15, 0.2) is 0 Å². The van der Waals surface area contributed by atoms with Crippen molar-refractivity contribution in [2.24, 2.45) is 0 Å². The van der Waals surface area contributed by atoms with Crippen molar-refractivity contribution in [3.05, 3.63) is 0 Å². The summed E-state index contributed by atoms with van der Waals surface area (Å²) in [4.78, 5) is 4.97. The third-order valence-electron chi connectivity index (χ3n) is 6.76. The Kier molecular flexibility index (Phi) is 10.8. The third-order valence-corrected chi connectivity index (χ3v) is 6.76. The molecular formula is C22H45N5O3. The van der Waals surface area contributed by atoms with Crippen molar-refractivity contribution < 1.29 is 14.6 Å². The van der Waals surface area contributed by atoms with Crippen LogP contribution in [0.15, 0.2) is 0 Å². The quantitative estimate of drug-likeness (QED) is 0.389. The van der Waals surface area contributed by atoms with Crippen LogP contribution in [0.3, 0.4) is 0 Å². The summed E-state index contributed by atoms with van der Waals surface area (Å²) in [6.07, 6.45) is 5.97. The number of ether oxygens (including phenoxy) is 2. The number of nitrogens with zero attached hydrogens (tertiary/aromatic N) is 3. The van der Waals surface area contributed by atoms with Gasteiger partial charge in [-0.2, -0.15) is 0 Å². The number of hydrazine groups is 1. The molecule has 3 heterocycles. The van der Waals surface area contributed by atoms with Crippen LogP contribution in [-0.4, -0.2) is 117 Å². The zero-order chi connectivity index (χ0) is 21.1. The summed E-state index contributed by atoms with van der Waals surface area (Å²) in [5.41, 5.74) is 3.58. The van der Waals surface area contributed by atoms with Crippen LogP contribution >= 0.6 is 0 Å². The molecule has 0 saturated carbocycles. The smallest absolute Gasteiger partial charge is 0.0870 e. The first-order valence-electron chi connectivity index (χ1n) is 12.3. The van der Waals surface area contributed by atoms with Gasteiger partial charge >= 0.3 is 0 Å². The Bertz CT molecular complexity index is 460. The second kappa shape index (κ2) is 13.3. The van der Waals surface area contributed by atoms with E-state index in [0.717, 1.165) is 111 Å². The van der Waals surface area contributed by atoms with Crippen LogP contribution in [0.5, 0.6) is 0 Å². The van der Waals surface area contributed by atoms with Crippen molar-refractivity contribution in [3.8, 4) is 0 Å². The zero-order valence-electron chi connectivity index (χ0n) is 19.1. The maximum atomic E-state index is 10.5. The van der Waals surface area contributed by atoms with Gasteiger partial charge in [-0.3, -0.25) is 20.5 Å². The first kappa shape index (κ1) is 24.3. The molecule has 0 spiro atoms. The molecule has 2 unspecified atom stereocenters. The molecule has 176 valence electrons. The van der Waals surface area contributed by atoms with Gasteiger partial charge in [-0.15, -0.1) is 0 Å². The minimum atomic E-state index is -0.217. The number of nitrogens with one attached hydrogen (secondary N) is 2. The van der Waals surface area contributed by atoms with Crippen LogP contribution < -0.4 is 10.7 Å². The molecule has 0 aromatic heterocycles. The van der Waals surface area contributed by atoms with Gasteiger partial charge in [-0.1, -0.05) is 19.8 Å². The average Bonchev–Trinajstić information content (AvgIpc) is 2.78. The molecular weight excluding hydrogens is 382 g/mol. The van der Waals surface area contributed by atoms with Gasteiger partial charge in [0.2, 0.25) is 0 Å². The lowest BCUT2D eigenvalue weighted by Gasteiger charge is -2.50. The molecule has 3 aliphatic rings. The highest BCUT2D eigenvalue weighted by atomic mass is 16.5. The first-order chi connectivity index (χ1) is 14.7. The van der Waals surface area contributed by atoms with Gasteiger partial charge in [-0.25, -0.2) is 5.01 Å². The van der Waals surface area contributed by atoms with E-state index in [-0.39, 0.29) is 11.8 Å². The summed E-state index contributed by atoms with van der Waals surface area (Å²) in [5, 5.41) is 16.8. The molecule has 0 aliphatic carbocycles. The number of aliphatic hydroxyl groups is 1. The van der Waals surface area contributed by atoms with Gasteiger partial charge in [-0.05, 0) is 32.4 Å². The van der Waals surface area contributed by atoms with E-state index >= 15 is 0 Å². The Labute approximate surface area is 183 Å². The first-order valence-corrected chi connectivity index (χ1v) is 12.3. The number of aliphatic hydroxyl groups excluding tert-OH is 1. The monoisotopic (exact) mass is 427 g/mol. The van der Waals surface area contributed by atoms with Gasteiger partial charge < -0.3 is 14.6 Å². The lowest BCUT2D eigenvalue weighted by atomic mass is 9.89. The van der Waals surface area contributed by atoms with Crippen molar-refractivity contribution in [1.82, 2.24) is 25.6 Å². The molecule has 0 bridgehead atoms. The van der Waals surface area contributed by atoms with E-state index in [9.17, 15) is 5.11 Å². The van der Waals surface area contributed by atoms with Crippen LogP contribution in [0.25, 0.3) is 0 Å². The number of rotatable bonds is 12. The van der Waals surface area contributed by atoms with Crippen LogP contribution in [-0.2, 0) is 9.47 Å². The fraction of sp³-hybridized carbons (Fsp3) is 1.00. The summed E-state index contributed by atoms with van der Waals surface area (Å²) in [6.45, 7) is 14.8. The van der Waals surface area contributed by atoms with Crippen molar-refractivity contribution in [2.75, 3.05) is 85.3 Å². The minimum absolute atomic E-state index is 0.149. The molecule has 3 rings (SSSR count). The van der Waals surface area contributed by atoms with E-state index in [1.807, 2.05) is 0 Å². The van der Waals surface area contributed by atoms with Crippen LogP contribution in [0.1, 0.15) is 45.4 Å². The van der Waals surface area contributed by atoms with Gasteiger partial charge in [0.05, 0.1) is 38.2 Å². The predicted molar refractivity (Wildman–Crippen MR) is 119 cm³/mol. The Hall–Kier alpha value is -0.320. The van der Waals surface area contributed by atoms with Crippen molar-refractivity contribution in [1.29, 1.82) is 0 Å². The van der Waals surface area contributed by atoms with E-state index < -0.39 is 0 Å². The molecule has 3 N–H and O–H groups in total. The summed E-state index contributed by atoms with van der Waals surface area (Å²) in [5.74, 6) is 0. The summed E-state index contributed by atoms with van der Waals surface area (Å²) in [7, 11) is 0. The third kappa shape index (κ3) is 7.67. The van der Waals surface area contributed by atoms with Crippen molar-refractivity contribution in [3.63, 3.8) is 0 Å². The topological polar surface area (TPSA) is 72.5 Å². The largest absolute Gasteiger partial charge is 0.393 e. The number of morpholine rings is 2. The molecule has 8 heteroatoms. The van der Waals surface area contributed by atoms with E-state index in [4.69, 9.17) is 9.47 Å². The van der Waals surface area contributed by atoms with Gasteiger partial charge in [0.1, 0.15) is 0 Å². The summed E-state index contributed by atoms with van der Waals surface area (Å²) in [6, 6.07) is 0. The van der Waals surface area contributed by atoms with Crippen molar-refractivity contribution >= 4 is 0 Å². The molecule has 0 aromatic rings. The lowest BCUT2D eigenvalue weighted by molar-refractivity contribution is -0.0794. The maximum Gasteiger partial charge on any atom is 0.0870 e. The highest BCUT2D eigenvalue weighted by molar-refractivity contribution is 4.93.